The highest BCUT2D eigenvalue weighted by atomic mass is 31.2. The molecule has 0 aliphatic carbocycles. The average molecular weight is 519 g/mol. The van der Waals surface area contributed by atoms with Crippen molar-refractivity contribution in [2.75, 3.05) is 34.0 Å². The van der Waals surface area contributed by atoms with Crippen molar-refractivity contribution in [2.24, 2.45) is 0 Å². The molecule has 3 unspecified atom stereocenters. The summed E-state index contributed by atoms with van der Waals surface area (Å²) in [6.45, 7) is 3.79. The van der Waals surface area contributed by atoms with Gasteiger partial charge >= 0.3 is 8.60 Å². The maximum absolute atomic E-state index is 9.76. The minimum absolute atomic E-state index is 0.111. The Morgan fingerprint density at radius 2 is 1.72 bits per heavy atom. The van der Waals surface area contributed by atoms with Gasteiger partial charge in [-0.25, -0.2) is 0 Å². The zero-order valence-corrected chi connectivity index (χ0v) is 21.6. The predicted octanol–water partition coefficient (Wildman–Crippen LogP) is 2.41. The molecule has 0 spiro atoms. The van der Waals surface area contributed by atoms with Crippen LogP contribution >= 0.6 is 8.60 Å². The summed E-state index contributed by atoms with van der Waals surface area (Å²) in [7, 11) is 0.130. The van der Waals surface area contributed by atoms with Gasteiger partial charge in [-0.2, -0.15) is 0 Å². The second-order valence-electron chi connectivity index (χ2n) is 7.78. The second-order valence-corrected chi connectivity index (χ2v) is 8.65. The van der Waals surface area contributed by atoms with E-state index in [1.54, 1.807) is 6.92 Å². The third-order valence-corrected chi connectivity index (χ3v) is 5.59. The Hall–Kier alpha value is -2.67. The van der Waals surface area contributed by atoms with Crippen molar-refractivity contribution >= 4 is 8.60 Å². The van der Waals surface area contributed by atoms with E-state index in [1.807, 2.05) is 41.6 Å². The summed E-state index contributed by atoms with van der Waals surface area (Å²) in [4.78, 5) is 17.5. The molecule has 0 radical (unpaired) electrons. The summed E-state index contributed by atoms with van der Waals surface area (Å²) < 4.78 is 15.2. The lowest BCUT2D eigenvalue weighted by molar-refractivity contribution is 0.0928. The predicted molar refractivity (Wildman–Crippen MR) is 140 cm³/mol. The Labute approximate surface area is 213 Å². The first kappa shape index (κ1) is 29.6. The van der Waals surface area contributed by atoms with Crippen molar-refractivity contribution in [3.8, 4) is 28.7 Å². The second kappa shape index (κ2) is 16.1. The fourth-order valence-corrected chi connectivity index (χ4v) is 3.50. The summed E-state index contributed by atoms with van der Waals surface area (Å²) in [5.41, 5.74) is 3.26. The number of ether oxygens (including phenoxy) is 2. The average Bonchev–Trinajstić information content (AvgIpc) is 3.59. The van der Waals surface area contributed by atoms with Crippen LogP contribution in [0.4, 0.5) is 0 Å². The van der Waals surface area contributed by atoms with E-state index >= 15 is 0 Å². The van der Waals surface area contributed by atoms with E-state index in [4.69, 9.17) is 24.4 Å². The Bertz CT molecular complexity index is 967. The lowest BCUT2D eigenvalue weighted by Crippen LogP contribution is -2.43. The van der Waals surface area contributed by atoms with Crippen LogP contribution in [0.25, 0.3) is 11.1 Å². The highest BCUT2D eigenvalue weighted by Gasteiger charge is 2.22. The third kappa shape index (κ3) is 9.76. The molecule has 1 saturated heterocycles. The molecule has 3 atom stereocenters. The molecule has 9 nitrogen and oxygen atoms in total. The molecule has 1 fully saturated rings. The van der Waals surface area contributed by atoms with Gasteiger partial charge in [0.15, 0.2) is 0 Å². The molecule has 0 bridgehead atoms. The first-order valence-corrected chi connectivity index (χ1v) is 12.6. The number of aliphatic hydroxyl groups is 2. The molecule has 2 heterocycles. The van der Waals surface area contributed by atoms with Gasteiger partial charge in [0.05, 0.1) is 25.9 Å². The summed E-state index contributed by atoms with van der Waals surface area (Å²) in [6.07, 6.45) is 4.30. The molecule has 0 saturated carbocycles. The van der Waals surface area contributed by atoms with Crippen LogP contribution in [-0.2, 0) is 9.26 Å². The summed E-state index contributed by atoms with van der Waals surface area (Å²) in [5.74, 6) is 7.25. The number of hydrogen-bond acceptors (Lipinski definition) is 9. The SMILES string of the molecule is CC(O)C1NC=CN1CC#Cc1ccc(-c2ccc(OC3CCOC3)cc2)cc1.CO.COP(O)O. The first-order chi connectivity index (χ1) is 17.5. The maximum Gasteiger partial charge on any atom is 0.326 e. The summed E-state index contributed by atoms with van der Waals surface area (Å²) in [5, 5.41) is 19.9. The van der Waals surface area contributed by atoms with Crippen LogP contribution in [0.5, 0.6) is 5.75 Å². The van der Waals surface area contributed by atoms with Crippen LogP contribution < -0.4 is 10.1 Å². The van der Waals surface area contributed by atoms with Crippen molar-refractivity contribution in [1.29, 1.82) is 0 Å². The Balaban J connectivity index is 0.000000583. The van der Waals surface area contributed by atoms with Crippen LogP contribution in [0.2, 0.25) is 0 Å². The largest absolute Gasteiger partial charge is 0.488 e. The zero-order valence-electron chi connectivity index (χ0n) is 20.7. The van der Waals surface area contributed by atoms with Crippen molar-refractivity contribution in [3.63, 3.8) is 0 Å². The molecule has 196 valence electrons. The van der Waals surface area contributed by atoms with E-state index in [2.05, 4.69) is 45.9 Å². The van der Waals surface area contributed by atoms with Gasteiger partial charge in [0, 0.05) is 38.6 Å². The molecule has 36 heavy (non-hydrogen) atoms. The normalized spacial score (nSPS) is 18.7. The third-order valence-electron chi connectivity index (χ3n) is 5.27. The van der Waals surface area contributed by atoms with Gasteiger partial charge < -0.3 is 44.2 Å². The number of hydrogen-bond donors (Lipinski definition) is 5. The molecule has 2 aromatic carbocycles. The lowest BCUT2D eigenvalue weighted by Gasteiger charge is -2.25. The zero-order chi connectivity index (χ0) is 26.3. The molecular weight excluding hydrogens is 483 g/mol. The van der Waals surface area contributed by atoms with Crippen LogP contribution in [0.1, 0.15) is 18.9 Å². The Kier molecular flexibility index (Phi) is 13.3. The molecule has 0 aromatic heterocycles. The van der Waals surface area contributed by atoms with Crippen molar-refractivity contribution < 1.29 is 34.0 Å². The first-order valence-electron chi connectivity index (χ1n) is 11.4. The van der Waals surface area contributed by atoms with Gasteiger partial charge in [-0.3, -0.25) is 0 Å². The topological polar surface area (TPSA) is 124 Å². The van der Waals surface area contributed by atoms with E-state index < -0.39 is 14.7 Å². The molecule has 5 N–H and O–H groups in total. The fraction of sp³-hybridized carbons (Fsp3) is 0.385. The van der Waals surface area contributed by atoms with Gasteiger partial charge in [-0.15, -0.1) is 0 Å². The Morgan fingerprint density at radius 1 is 1.11 bits per heavy atom. The van der Waals surface area contributed by atoms with Crippen LogP contribution in [-0.4, -0.2) is 77.3 Å². The van der Waals surface area contributed by atoms with Crippen LogP contribution in [0.3, 0.4) is 0 Å². The minimum Gasteiger partial charge on any atom is -0.488 e. The number of aliphatic hydroxyl groups excluding tert-OH is 2. The van der Waals surface area contributed by atoms with Gasteiger partial charge in [0.25, 0.3) is 0 Å². The molecular formula is C26H35N2O7P. The molecule has 2 aromatic rings. The highest BCUT2D eigenvalue weighted by molar-refractivity contribution is 7.39. The quantitative estimate of drug-likeness (QED) is 0.290. The molecule has 2 aliphatic heterocycles. The van der Waals surface area contributed by atoms with E-state index in [0.717, 1.165) is 42.6 Å². The lowest BCUT2D eigenvalue weighted by atomic mass is 10.0. The van der Waals surface area contributed by atoms with E-state index in [0.29, 0.717) is 13.2 Å². The summed E-state index contributed by atoms with van der Waals surface area (Å²) >= 11 is 0. The van der Waals surface area contributed by atoms with Crippen LogP contribution in [0.15, 0.2) is 60.9 Å². The van der Waals surface area contributed by atoms with Gasteiger partial charge in [0.2, 0.25) is 0 Å². The fourth-order valence-electron chi connectivity index (χ4n) is 3.50. The van der Waals surface area contributed by atoms with Crippen molar-refractivity contribution in [2.45, 2.75) is 31.7 Å². The molecule has 10 heteroatoms. The minimum atomic E-state index is -2.10. The van der Waals surface area contributed by atoms with E-state index in [-0.39, 0.29) is 12.3 Å². The Morgan fingerprint density at radius 3 is 2.25 bits per heavy atom. The molecule has 0 amide bonds. The highest BCUT2D eigenvalue weighted by Crippen LogP contribution is 2.24. The van der Waals surface area contributed by atoms with Gasteiger partial charge in [0.1, 0.15) is 18.0 Å². The smallest absolute Gasteiger partial charge is 0.326 e. The van der Waals surface area contributed by atoms with Crippen molar-refractivity contribution in [3.05, 3.63) is 66.5 Å². The monoisotopic (exact) mass is 518 g/mol. The number of rotatable bonds is 6. The number of nitrogens with one attached hydrogen (secondary N) is 1. The maximum atomic E-state index is 9.76. The van der Waals surface area contributed by atoms with E-state index in [9.17, 15) is 5.11 Å². The number of benzene rings is 2. The standard InChI is InChI=1S/C24H26N2O3.CH5O3P.CH4O/c1-18(27)24-25-13-15-26(24)14-2-3-19-4-6-20(7-5-19)21-8-10-22(11-9-21)29-23-12-16-28-17-23;1-4-5(2)3;1-2/h4-11,13,15,18,23-25,27H,12,14,16-17H2,1H3;2-3H,1H3;2H,1H3. The number of nitrogens with zero attached hydrogens (tertiary/aromatic N) is 1. The van der Waals surface area contributed by atoms with Gasteiger partial charge in [-0.05, 0) is 42.3 Å². The molecule has 2 aliphatic rings. The van der Waals surface area contributed by atoms with Crippen LogP contribution in [0, 0.1) is 11.8 Å². The molecule has 4 rings (SSSR count). The van der Waals surface area contributed by atoms with E-state index in [1.165, 1.54) is 7.11 Å². The van der Waals surface area contributed by atoms with Gasteiger partial charge in [-0.1, -0.05) is 36.1 Å². The van der Waals surface area contributed by atoms with Crippen molar-refractivity contribution in [1.82, 2.24) is 10.2 Å². The summed E-state index contributed by atoms with van der Waals surface area (Å²) in [6, 6.07) is 16.4.